The highest BCUT2D eigenvalue weighted by Crippen LogP contribution is 2.40. The molecule has 6 heteroatoms. The van der Waals surface area contributed by atoms with E-state index in [1.807, 2.05) is 0 Å². The molecule has 0 amide bonds. The lowest BCUT2D eigenvalue weighted by Crippen LogP contribution is -2.18. The zero-order chi connectivity index (χ0) is 12.9. The summed E-state index contributed by atoms with van der Waals surface area (Å²) < 4.78 is 39.8. The van der Waals surface area contributed by atoms with Crippen LogP contribution in [0.25, 0.3) is 11.1 Å². The van der Waals surface area contributed by atoms with Crippen LogP contribution in [0.4, 0.5) is 10.1 Å². The van der Waals surface area contributed by atoms with Gasteiger partial charge in [0.1, 0.15) is 5.82 Å². The second kappa shape index (κ2) is 3.70. The molecule has 18 heavy (non-hydrogen) atoms. The maximum Gasteiger partial charge on any atom is 0.262 e. The second-order valence-electron chi connectivity index (χ2n) is 3.91. The summed E-state index contributed by atoms with van der Waals surface area (Å²) in [5, 5.41) is -0.115. The lowest BCUT2D eigenvalue weighted by molar-refractivity contribution is 0.600. The number of anilines is 1. The Balaban J connectivity index is 2.40. The van der Waals surface area contributed by atoms with E-state index in [0.29, 0.717) is 16.8 Å². The molecule has 0 saturated heterocycles. The molecule has 3 nitrogen and oxygen atoms in total. The van der Waals surface area contributed by atoms with Crippen molar-refractivity contribution in [3.63, 3.8) is 0 Å². The Morgan fingerprint density at radius 1 is 1.11 bits per heavy atom. The van der Waals surface area contributed by atoms with E-state index < -0.39 is 15.8 Å². The number of halogens is 2. The monoisotopic (exact) mass is 283 g/mol. The summed E-state index contributed by atoms with van der Waals surface area (Å²) in [6.45, 7) is 0. The summed E-state index contributed by atoms with van der Waals surface area (Å²) in [7, 11) is -3.62. The lowest BCUT2D eigenvalue weighted by Gasteiger charge is -2.21. The largest absolute Gasteiger partial charge is 0.279 e. The quantitative estimate of drug-likeness (QED) is 0.807. The van der Waals surface area contributed by atoms with Gasteiger partial charge in [0.05, 0.1) is 15.6 Å². The average Bonchev–Trinajstić information content (AvgIpc) is 2.32. The lowest BCUT2D eigenvalue weighted by atomic mass is 10.0. The van der Waals surface area contributed by atoms with Gasteiger partial charge in [-0.3, -0.25) is 4.72 Å². The van der Waals surface area contributed by atoms with Crippen molar-refractivity contribution in [2.45, 2.75) is 4.90 Å². The Kier molecular flexibility index (Phi) is 2.36. The van der Waals surface area contributed by atoms with Crippen molar-refractivity contribution in [3.8, 4) is 11.1 Å². The SMILES string of the molecule is O=S1(=O)Nc2cc(Cl)c(F)cc2-c2ccccc21. The van der Waals surface area contributed by atoms with E-state index in [2.05, 4.69) is 4.72 Å². The summed E-state index contributed by atoms with van der Waals surface area (Å²) in [6, 6.07) is 8.95. The minimum atomic E-state index is -3.62. The van der Waals surface area contributed by atoms with E-state index in [1.54, 1.807) is 18.2 Å². The zero-order valence-electron chi connectivity index (χ0n) is 8.94. The summed E-state index contributed by atoms with van der Waals surface area (Å²) in [4.78, 5) is 0.138. The van der Waals surface area contributed by atoms with Crippen LogP contribution in [-0.4, -0.2) is 8.42 Å². The Labute approximate surface area is 108 Å². The minimum Gasteiger partial charge on any atom is -0.279 e. The van der Waals surface area contributed by atoms with Crippen LogP contribution in [-0.2, 0) is 10.0 Å². The predicted molar refractivity (Wildman–Crippen MR) is 67.7 cm³/mol. The molecule has 3 rings (SSSR count). The van der Waals surface area contributed by atoms with Gasteiger partial charge in [-0.1, -0.05) is 29.8 Å². The van der Waals surface area contributed by atoms with Crippen molar-refractivity contribution in [1.82, 2.24) is 0 Å². The molecule has 0 radical (unpaired) electrons. The number of hydrogen-bond acceptors (Lipinski definition) is 2. The highest BCUT2D eigenvalue weighted by atomic mass is 35.5. The number of sulfonamides is 1. The molecule has 1 heterocycles. The van der Waals surface area contributed by atoms with Crippen LogP contribution in [0.1, 0.15) is 0 Å². The average molecular weight is 284 g/mol. The molecular formula is C12H7ClFNO2S. The molecule has 0 saturated carbocycles. The molecule has 0 aromatic heterocycles. The maximum absolute atomic E-state index is 13.5. The third-order valence-electron chi connectivity index (χ3n) is 2.77. The first kappa shape index (κ1) is 11.5. The van der Waals surface area contributed by atoms with Crippen molar-refractivity contribution in [1.29, 1.82) is 0 Å². The van der Waals surface area contributed by atoms with Crippen LogP contribution < -0.4 is 4.72 Å². The number of rotatable bonds is 0. The van der Waals surface area contributed by atoms with Crippen LogP contribution in [0.2, 0.25) is 5.02 Å². The normalized spacial score (nSPS) is 15.4. The smallest absolute Gasteiger partial charge is 0.262 e. The van der Waals surface area contributed by atoms with E-state index in [4.69, 9.17) is 11.6 Å². The van der Waals surface area contributed by atoms with Crippen LogP contribution in [0.3, 0.4) is 0 Å². The first-order chi connectivity index (χ1) is 8.49. The predicted octanol–water partition coefficient (Wildman–Crippen LogP) is 3.26. The third kappa shape index (κ3) is 1.59. The van der Waals surface area contributed by atoms with E-state index in [0.717, 1.165) is 0 Å². The van der Waals surface area contributed by atoms with Gasteiger partial charge in [0.15, 0.2) is 0 Å². The van der Waals surface area contributed by atoms with Crippen molar-refractivity contribution in [2.24, 2.45) is 0 Å². The Morgan fingerprint density at radius 2 is 1.83 bits per heavy atom. The van der Waals surface area contributed by atoms with Gasteiger partial charge < -0.3 is 0 Å². The van der Waals surface area contributed by atoms with Crippen molar-refractivity contribution in [3.05, 3.63) is 47.2 Å². The van der Waals surface area contributed by atoms with Gasteiger partial charge in [-0.25, -0.2) is 12.8 Å². The van der Waals surface area contributed by atoms with Gasteiger partial charge in [0.25, 0.3) is 10.0 Å². The summed E-state index contributed by atoms with van der Waals surface area (Å²) in [5.74, 6) is -0.577. The number of fused-ring (bicyclic) bond motifs is 3. The third-order valence-corrected chi connectivity index (χ3v) is 4.48. The van der Waals surface area contributed by atoms with Crippen molar-refractivity contribution >= 4 is 27.3 Å². The number of benzene rings is 2. The fourth-order valence-corrected chi connectivity index (χ4v) is 3.43. The molecule has 1 aliphatic heterocycles. The van der Waals surface area contributed by atoms with E-state index >= 15 is 0 Å². The Morgan fingerprint density at radius 3 is 2.61 bits per heavy atom. The van der Waals surface area contributed by atoms with Gasteiger partial charge in [-0.15, -0.1) is 0 Å². The zero-order valence-corrected chi connectivity index (χ0v) is 10.5. The summed E-state index contributed by atoms with van der Waals surface area (Å²) >= 11 is 5.66. The molecule has 0 bridgehead atoms. The van der Waals surface area contributed by atoms with Gasteiger partial charge in [-0.05, 0) is 18.2 Å². The van der Waals surface area contributed by atoms with Crippen LogP contribution in [0, 0.1) is 5.82 Å². The van der Waals surface area contributed by atoms with Crippen molar-refractivity contribution < 1.29 is 12.8 Å². The molecule has 2 aromatic rings. The van der Waals surface area contributed by atoms with Gasteiger partial charge >= 0.3 is 0 Å². The van der Waals surface area contributed by atoms with Crippen LogP contribution in [0.15, 0.2) is 41.3 Å². The Bertz CT molecular complexity index is 759. The summed E-state index contributed by atoms with van der Waals surface area (Å²) in [6.07, 6.45) is 0. The van der Waals surface area contributed by atoms with Gasteiger partial charge in [-0.2, -0.15) is 0 Å². The molecule has 0 atom stereocenters. The molecular weight excluding hydrogens is 277 g/mol. The van der Waals surface area contributed by atoms with Crippen molar-refractivity contribution in [2.75, 3.05) is 4.72 Å². The van der Waals surface area contributed by atoms with E-state index in [9.17, 15) is 12.8 Å². The van der Waals surface area contributed by atoms with Crippen LogP contribution >= 0.6 is 11.6 Å². The molecule has 1 N–H and O–H groups in total. The highest BCUT2D eigenvalue weighted by Gasteiger charge is 2.27. The summed E-state index contributed by atoms with van der Waals surface area (Å²) in [5.41, 5.74) is 1.25. The molecule has 0 spiro atoms. The number of hydrogen-bond donors (Lipinski definition) is 1. The minimum absolute atomic E-state index is 0.115. The standard InChI is InChI=1S/C12H7ClFNO2S/c13-9-6-11-8(5-10(9)14)7-3-1-2-4-12(7)18(16,17)15-11/h1-6,15H. The molecule has 0 aliphatic carbocycles. The molecule has 1 aliphatic rings. The first-order valence-corrected chi connectivity index (χ1v) is 6.96. The highest BCUT2D eigenvalue weighted by molar-refractivity contribution is 7.93. The first-order valence-electron chi connectivity index (χ1n) is 5.10. The molecule has 92 valence electrons. The Hall–Kier alpha value is -1.59. The number of nitrogens with one attached hydrogen (secondary N) is 1. The topological polar surface area (TPSA) is 46.2 Å². The van der Waals surface area contributed by atoms with Gasteiger partial charge in [0.2, 0.25) is 0 Å². The molecule has 0 unspecified atom stereocenters. The fourth-order valence-electron chi connectivity index (χ4n) is 1.98. The van der Waals surface area contributed by atoms with Gasteiger partial charge in [0, 0.05) is 11.1 Å². The molecule has 2 aromatic carbocycles. The van der Waals surface area contributed by atoms with E-state index in [-0.39, 0.29) is 9.92 Å². The second-order valence-corrected chi connectivity index (χ2v) is 5.97. The maximum atomic E-state index is 13.5. The fraction of sp³-hybridized carbons (Fsp3) is 0. The van der Waals surface area contributed by atoms with Crippen LogP contribution in [0.5, 0.6) is 0 Å². The molecule has 0 fully saturated rings. The van der Waals surface area contributed by atoms with E-state index in [1.165, 1.54) is 18.2 Å².